The highest BCUT2D eigenvalue weighted by molar-refractivity contribution is 7.99. The number of nitrogens with zero attached hydrogens (tertiary/aromatic N) is 2. The molecule has 0 aliphatic heterocycles. The number of carbonyl (C=O) groups excluding carboxylic acids is 1. The molecule has 1 heterocycles. The van der Waals surface area contributed by atoms with E-state index in [4.69, 9.17) is 0 Å². The van der Waals surface area contributed by atoms with Gasteiger partial charge in [0.25, 0.3) is 0 Å². The van der Waals surface area contributed by atoms with E-state index in [0.29, 0.717) is 5.92 Å². The number of unbranched alkanes of at least 4 members (excludes halogenated alkanes) is 6. The molecule has 0 saturated carbocycles. The van der Waals surface area contributed by atoms with E-state index in [0.717, 1.165) is 35.0 Å². The molecule has 6 heteroatoms. The van der Waals surface area contributed by atoms with Crippen molar-refractivity contribution >= 4 is 35.1 Å². The Kier molecular flexibility index (Phi) is 10.4. The van der Waals surface area contributed by atoms with Crippen molar-refractivity contribution in [3.63, 3.8) is 0 Å². The van der Waals surface area contributed by atoms with Gasteiger partial charge in [-0.1, -0.05) is 76.1 Å². The first-order valence-corrected chi connectivity index (χ1v) is 14.4. The summed E-state index contributed by atoms with van der Waals surface area (Å²) in [6.07, 6.45) is 17.6. The van der Waals surface area contributed by atoms with E-state index < -0.39 is 0 Å². The number of hydrogen-bond acceptors (Lipinski definition) is 5. The van der Waals surface area contributed by atoms with Crippen molar-refractivity contribution in [1.29, 1.82) is 0 Å². The molecule has 2 aromatic rings. The van der Waals surface area contributed by atoms with E-state index in [2.05, 4.69) is 46.5 Å². The SMILES string of the molecule is CCCCCCCCC[C@@H]1Cc2ccccc2C[C@H]1C(=O)Nc1c(SC)ncnc1SC. The van der Waals surface area contributed by atoms with Gasteiger partial charge in [0.15, 0.2) is 0 Å². The van der Waals surface area contributed by atoms with Gasteiger partial charge in [0.05, 0.1) is 0 Å². The molecule has 174 valence electrons. The molecule has 1 aliphatic carbocycles. The van der Waals surface area contributed by atoms with Crippen LogP contribution in [0.2, 0.25) is 0 Å². The van der Waals surface area contributed by atoms with E-state index in [1.807, 2.05) is 12.5 Å². The molecule has 1 aromatic carbocycles. The van der Waals surface area contributed by atoms with E-state index in [-0.39, 0.29) is 11.8 Å². The van der Waals surface area contributed by atoms with E-state index in [1.165, 1.54) is 56.1 Å². The number of fused-ring (bicyclic) bond motifs is 1. The first kappa shape index (κ1) is 25.1. The summed E-state index contributed by atoms with van der Waals surface area (Å²) in [5.74, 6) is 0.503. The second-order valence-corrected chi connectivity index (χ2v) is 10.3. The number of nitrogens with one attached hydrogen (secondary N) is 1. The van der Waals surface area contributed by atoms with Gasteiger partial charge in [-0.05, 0) is 48.8 Å². The van der Waals surface area contributed by atoms with Crippen LogP contribution in [-0.2, 0) is 17.6 Å². The lowest BCUT2D eigenvalue weighted by Gasteiger charge is -2.32. The van der Waals surface area contributed by atoms with Gasteiger partial charge < -0.3 is 5.32 Å². The summed E-state index contributed by atoms with van der Waals surface area (Å²) < 4.78 is 0. The number of hydrogen-bond donors (Lipinski definition) is 1. The fourth-order valence-electron chi connectivity index (χ4n) is 4.74. The van der Waals surface area contributed by atoms with Gasteiger partial charge in [0.1, 0.15) is 22.1 Å². The van der Waals surface area contributed by atoms with Crippen molar-refractivity contribution in [2.24, 2.45) is 11.8 Å². The molecule has 1 aromatic heterocycles. The van der Waals surface area contributed by atoms with Gasteiger partial charge in [-0.2, -0.15) is 0 Å². The zero-order valence-electron chi connectivity index (χ0n) is 19.7. The normalized spacial score (nSPS) is 17.7. The fraction of sp³-hybridized carbons (Fsp3) is 0.577. The third kappa shape index (κ3) is 6.74. The largest absolute Gasteiger partial charge is 0.321 e. The number of rotatable bonds is 12. The average molecular weight is 472 g/mol. The van der Waals surface area contributed by atoms with Crippen LogP contribution in [-0.4, -0.2) is 28.4 Å². The van der Waals surface area contributed by atoms with Crippen LogP contribution in [0.1, 0.15) is 69.4 Å². The van der Waals surface area contributed by atoms with Crippen molar-refractivity contribution in [2.45, 2.75) is 81.2 Å². The maximum Gasteiger partial charge on any atom is 0.228 e. The predicted molar refractivity (Wildman–Crippen MR) is 138 cm³/mol. The van der Waals surface area contributed by atoms with Crippen molar-refractivity contribution in [3.05, 3.63) is 41.7 Å². The van der Waals surface area contributed by atoms with Gasteiger partial charge in [-0.25, -0.2) is 9.97 Å². The molecule has 0 bridgehead atoms. The summed E-state index contributed by atoms with van der Waals surface area (Å²) in [5, 5.41) is 4.89. The predicted octanol–water partition coefficient (Wildman–Crippen LogP) is 7.03. The number of thioether (sulfide) groups is 2. The molecular weight excluding hydrogens is 434 g/mol. The molecule has 0 radical (unpaired) electrons. The molecule has 1 N–H and O–H groups in total. The Morgan fingerprint density at radius 3 is 2.16 bits per heavy atom. The Morgan fingerprint density at radius 2 is 1.53 bits per heavy atom. The number of carbonyl (C=O) groups is 1. The molecule has 4 nitrogen and oxygen atoms in total. The Hall–Kier alpha value is -1.53. The van der Waals surface area contributed by atoms with Crippen molar-refractivity contribution in [2.75, 3.05) is 17.8 Å². The van der Waals surface area contributed by atoms with Crippen molar-refractivity contribution in [1.82, 2.24) is 9.97 Å². The molecule has 1 aliphatic rings. The van der Waals surface area contributed by atoms with Gasteiger partial charge in [0.2, 0.25) is 5.91 Å². The minimum atomic E-state index is -0.00499. The third-order valence-corrected chi connectivity index (χ3v) is 7.93. The summed E-state index contributed by atoms with van der Waals surface area (Å²) in [6.45, 7) is 2.26. The summed E-state index contributed by atoms with van der Waals surface area (Å²) >= 11 is 3.10. The van der Waals surface area contributed by atoms with E-state index in [1.54, 1.807) is 29.9 Å². The highest BCUT2D eigenvalue weighted by atomic mass is 32.2. The molecular formula is C26H37N3OS2. The zero-order valence-corrected chi connectivity index (χ0v) is 21.4. The standard InChI is InChI=1S/C26H37N3OS2/c1-4-5-6-7-8-9-10-15-21-16-19-13-11-12-14-20(19)17-22(21)24(30)29-23-25(31-2)27-18-28-26(23)32-3/h11-14,18,21-22H,4-10,15-17H2,1-3H3,(H,29,30)/t21-,22-/m1/s1. The molecule has 2 atom stereocenters. The highest BCUT2D eigenvalue weighted by Gasteiger charge is 2.33. The van der Waals surface area contributed by atoms with Gasteiger partial charge in [0, 0.05) is 5.92 Å². The van der Waals surface area contributed by atoms with Crippen molar-refractivity contribution < 1.29 is 4.79 Å². The Bertz CT molecular complexity index is 852. The Morgan fingerprint density at radius 1 is 0.938 bits per heavy atom. The smallest absolute Gasteiger partial charge is 0.228 e. The number of aromatic nitrogens is 2. The summed E-state index contributed by atoms with van der Waals surface area (Å²) in [6, 6.07) is 8.64. The number of anilines is 1. The number of amides is 1. The summed E-state index contributed by atoms with van der Waals surface area (Å²) in [4.78, 5) is 22.3. The maximum atomic E-state index is 13.5. The quantitative estimate of drug-likeness (QED) is 0.204. The summed E-state index contributed by atoms with van der Waals surface area (Å²) in [7, 11) is 0. The van der Waals surface area contributed by atoms with Crippen LogP contribution in [0.15, 0.2) is 40.6 Å². The van der Waals surface area contributed by atoms with E-state index in [9.17, 15) is 4.79 Å². The molecule has 0 spiro atoms. The van der Waals surface area contributed by atoms with Crippen LogP contribution >= 0.6 is 23.5 Å². The van der Waals surface area contributed by atoms with Crippen molar-refractivity contribution in [3.8, 4) is 0 Å². The lowest BCUT2D eigenvalue weighted by molar-refractivity contribution is -0.121. The van der Waals surface area contributed by atoms with Crippen LogP contribution in [0, 0.1) is 11.8 Å². The highest BCUT2D eigenvalue weighted by Crippen LogP contribution is 2.36. The fourth-order valence-corrected chi connectivity index (χ4v) is 5.82. The second kappa shape index (κ2) is 13.2. The summed E-state index contributed by atoms with van der Waals surface area (Å²) in [5.41, 5.74) is 3.51. The number of benzene rings is 1. The minimum absolute atomic E-state index is 0.00499. The van der Waals surface area contributed by atoms with Crippen LogP contribution in [0.25, 0.3) is 0 Å². The molecule has 1 amide bonds. The topological polar surface area (TPSA) is 54.9 Å². The average Bonchev–Trinajstić information content (AvgIpc) is 2.83. The van der Waals surface area contributed by atoms with Gasteiger partial charge in [-0.3, -0.25) is 4.79 Å². The molecule has 0 unspecified atom stereocenters. The van der Waals surface area contributed by atoms with Gasteiger partial charge >= 0.3 is 0 Å². The first-order valence-electron chi connectivity index (χ1n) is 12.0. The first-order chi connectivity index (χ1) is 15.7. The van der Waals surface area contributed by atoms with Crippen LogP contribution < -0.4 is 5.32 Å². The molecule has 0 fully saturated rings. The second-order valence-electron chi connectivity index (χ2n) is 8.71. The molecule has 3 rings (SSSR count). The lowest BCUT2D eigenvalue weighted by atomic mass is 9.73. The zero-order chi connectivity index (χ0) is 22.8. The van der Waals surface area contributed by atoms with Crippen LogP contribution in [0.5, 0.6) is 0 Å². The Balaban J connectivity index is 1.69. The monoisotopic (exact) mass is 471 g/mol. The van der Waals surface area contributed by atoms with E-state index >= 15 is 0 Å². The minimum Gasteiger partial charge on any atom is -0.321 e. The molecule has 0 saturated heterocycles. The van der Waals surface area contributed by atoms with Crippen LogP contribution in [0.4, 0.5) is 5.69 Å². The third-order valence-electron chi connectivity index (χ3n) is 6.54. The van der Waals surface area contributed by atoms with Crippen LogP contribution in [0.3, 0.4) is 0 Å². The Labute approximate surface area is 202 Å². The maximum absolute atomic E-state index is 13.5. The van der Waals surface area contributed by atoms with Gasteiger partial charge in [-0.15, -0.1) is 23.5 Å². The molecule has 32 heavy (non-hydrogen) atoms. The lowest BCUT2D eigenvalue weighted by Crippen LogP contribution is -2.36.